The summed E-state index contributed by atoms with van der Waals surface area (Å²) >= 11 is 0. The number of hydrogen-bond donors (Lipinski definition) is 4. The zero-order valence-electron chi connectivity index (χ0n) is 48.8. The Morgan fingerprint density at radius 1 is 0.529 bits per heavy atom. The third-order valence-corrected chi connectivity index (χ3v) is 11.3. The van der Waals surface area contributed by atoms with E-state index in [1.54, 1.807) is 12.4 Å². The van der Waals surface area contributed by atoms with Crippen molar-refractivity contribution in [3.05, 3.63) is 97.1 Å². The lowest BCUT2D eigenvalue weighted by Crippen LogP contribution is -2.40. The number of para-hydroxylation sites is 1. The van der Waals surface area contributed by atoms with Crippen molar-refractivity contribution in [3.8, 4) is 11.8 Å². The summed E-state index contributed by atoms with van der Waals surface area (Å²) in [4.78, 5) is 7.94. The highest BCUT2D eigenvalue weighted by molar-refractivity contribution is 5.42. The molecule has 6 heteroatoms. The number of rotatable bonds is 12. The number of hydrogen-bond acceptors (Lipinski definition) is 6. The molecule has 0 spiro atoms. The maximum absolute atomic E-state index is 3.98. The van der Waals surface area contributed by atoms with Gasteiger partial charge in [-0.15, -0.1) is 5.92 Å². The van der Waals surface area contributed by atoms with Crippen LogP contribution in [0.1, 0.15) is 201 Å². The van der Waals surface area contributed by atoms with Crippen LogP contribution >= 0.6 is 0 Å². The Hall–Kier alpha value is -3.66. The molecule has 6 nitrogen and oxygen atoms in total. The second kappa shape index (κ2) is 33.1. The van der Waals surface area contributed by atoms with Crippen LogP contribution in [0.4, 0.5) is 11.4 Å². The highest BCUT2D eigenvalue weighted by Gasteiger charge is 2.19. The number of allylic oxidation sites excluding steroid dienone is 2. The van der Waals surface area contributed by atoms with Crippen molar-refractivity contribution in [3.63, 3.8) is 0 Å². The highest BCUT2D eigenvalue weighted by atomic mass is 15.0. The van der Waals surface area contributed by atoms with E-state index in [1.807, 2.05) is 30.6 Å². The summed E-state index contributed by atoms with van der Waals surface area (Å²) in [5.41, 5.74) is 6.27. The van der Waals surface area contributed by atoms with Crippen molar-refractivity contribution < 1.29 is 0 Å². The Labute approximate surface area is 434 Å². The standard InChI is InChI=1S/C12H19N.C11H24N2.C11H18N2.C10H15N.C10H18.C10H16/c1-12(2,3)9-10-13-11-7-5-4-6-8-11;2*1-11(2,3)6-9-13-10-4-7-12-8-5-10;1-10(2,3)8-9-4-6-11-7-5-9;2*1-10(2,3)8-4-5-9-6-7-9/h4-8,13H,9-10H2,1-3H3;10,12-13H,4-9H2,1-3H3;4-5,7-8H,6,9H2,1-3H3,(H,12,13);4-7H,8H2,1-3H3;4-5,9H,6-8H2,1-3H3;9H,6-8H2,1-3H3/b;;;;5-4+;. The Morgan fingerprint density at radius 2 is 1.00 bits per heavy atom. The third kappa shape index (κ3) is 46.7. The Balaban J connectivity index is 0.000000421. The van der Waals surface area contributed by atoms with Crippen LogP contribution in [0.15, 0.2) is 91.5 Å². The maximum Gasteiger partial charge on any atom is 0.0371 e. The quantitative estimate of drug-likeness (QED) is 0.107. The molecule has 3 fully saturated rings. The monoisotopic (exact) mass is 963 g/mol. The fourth-order valence-corrected chi connectivity index (χ4v) is 6.57. The summed E-state index contributed by atoms with van der Waals surface area (Å²) in [6.45, 7) is 46.3. The zero-order chi connectivity index (χ0) is 52.7. The molecule has 396 valence electrons. The topological polar surface area (TPSA) is 73.9 Å². The minimum atomic E-state index is 0.376. The summed E-state index contributed by atoms with van der Waals surface area (Å²) < 4.78 is 0. The first-order valence-corrected chi connectivity index (χ1v) is 27.4. The van der Waals surface area contributed by atoms with Gasteiger partial charge in [-0.3, -0.25) is 9.97 Å². The molecule has 0 unspecified atom stereocenters. The van der Waals surface area contributed by atoms with Gasteiger partial charge in [-0.2, -0.15) is 0 Å². The minimum Gasteiger partial charge on any atom is -0.385 e. The smallest absolute Gasteiger partial charge is 0.0371 e. The zero-order valence-corrected chi connectivity index (χ0v) is 48.8. The average Bonchev–Trinajstić information content (AvgIpc) is 4.19. The Kier molecular flexibility index (Phi) is 30.5. The molecule has 3 aromatic rings. The summed E-state index contributed by atoms with van der Waals surface area (Å²) in [6.07, 6.45) is 27.2. The van der Waals surface area contributed by atoms with Gasteiger partial charge in [0.25, 0.3) is 0 Å². The molecule has 6 rings (SSSR count). The van der Waals surface area contributed by atoms with E-state index >= 15 is 0 Å². The van der Waals surface area contributed by atoms with Gasteiger partial charge in [-0.25, -0.2) is 0 Å². The van der Waals surface area contributed by atoms with Gasteiger partial charge in [0.1, 0.15) is 0 Å². The van der Waals surface area contributed by atoms with Gasteiger partial charge in [0.15, 0.2) is 0 Å². The summed E-state index contributed by atoms with van der Waals surface area (Å²) in [7, 11) is 0. The van der Waals surface area contributed by atoms with Crippen molar-refractivity contribution in [1.29, 1.82) is 0 Å². The number of aromatic nitrogens is 2. The number of benzene rings is 1. The van der Waals surface area contributed by atoms with Gasteiger partial charge in [0, 0.05) is 67.6 Å². The van der Waals surface area contributed by atoms with Crippen LogP contribution in [-0.2, 0) is 6.42 Å². The van der Waals surface area contributed by atoms with E-state index in [9.17, 15) is 0 Å². The first-order chi connectivity index (χ1) is 32.5. The minimum absolute atomic E-state index is 0.376. The molecule has 4 N–H and O–H groups in total. The molecular weight excluding hydrogens is 853 g/mol. The molecule has 3 aliphatic rings. The normalized spacial score (nSPS) is 15.3. The molecule has 1 aliphatic heterocycles. The molecular formula is C64H110N6. The van der Waals surface area contributed by atoms with Crippen LogP contribution in [0.25, 0.3) is 0 Å². The van der Waals surface area contributed by atoms with Gasteiger partial charge in [0.05, 0.1) is 0 Å². The molecule has 1 aromatic carbocycles. The van der Waals surface area contributed by atoms with Crippen molar-refractivity contribution >= 4 is 11.4 Å². The number of piperidine rings is 1. The third-order valence-electron chi connectivity index (χ3n) is 11.3. The molecule has 2 saturated carbocycles. The van der Waals surface area contributed by atoms with Gasteiger partial charge >= 0.3 is 0 Å². The van der Waals surface area contributed by atoms with Crippen molar-refractivity contribution in [2.24, 2.45) is 44.3 Å². The van der Waals surface area contributed by atoms with E-state index < -0.39 is 0 Å². The van der Waals surface area contributed by atoms with Crippen LogP contribution in [0.5, 0.6) is 0 Å². The molecule has 0 bridgehead atoms. The molecule has 2 aliphatic carbocycles. The van der Waals surface area contributed by atoms with Crippen molar-refractivity contribution in [2.45, 2.75) is 208 Å². The van der Waals surface area contributed by atoms with Crippen molar-refractivity contribution in [2.75, 3.05) is 43.4 Å². The van der Waals surface area contributed by atoms with E-state index in [0.29, 0.717) is 32.5 Å². The lowest BCUT2D eigenvalue weighted by Gasteiger charge is -2.26. The lowest BCUT2D eigenvalue weighted by atomic mass is 9.89. The predicted molar refractivity (Wildman–Crippen MR) is 312 cm³/mol. The Morgan fingerprint density at radius 3 is 1.43 bits per heavy atom. The molecule has 0 amide bonds. The molecule has 0 radical (unpaired) electrons. The van der Waals surface area contributed by atoms with Crippen LogP contribution in [0, 0.1) is 56.2 Å². The van der Waals surface area contributed by atoms with Crippen LogP contribution in [-0.4, -0.2) is 48.7 Å². The van der Waals surface area contributed by atoms with E-state index in [2.05, 4.69) is 216 Å². The number of anilines is 2. The fraction of sp³-hybridized carbons (Fsp3) is 0.688. The van der Waals surface area contributed by atoms with E-state index in [-0.39, 0.29) is 0 Å². The first-order valence-electron chi connectivity index (χ1n) is 27.4. The second-order valence-electron chi connectivity index (χ2n) is 27.3. The lowest BCUT2D eigenvalue weighted by molar-refractivity contribution is 0.329. The number of nitrogens with zero attached hydrogens (tertiary/aromatic N) is 2. The fourth-order valence-electron chi connectivity index (χ4n) is 6.57. The van der Waals surface area contributed by atoms with Crippen LogP contribution in [0.3, 0.4) is 0 Å². The molecule has 70 heavy (non-hydrogen) atoms. The average molecular weight is 964 g/mol. The van der Waals surface area contributed by atoms with Gasteiger partial charge in [0.2, 0.25) is 0 Å². The summed E-state index contributed by atoms with van der Waals surface area (Å²) in [6, 6.07) is 19.2. The van der Waals surface area contributed by atoms with E-state index in [4.69, 9.17) is 0 Å². The molecule has 1 saturated heterocycles. The molecule has 2 aromatic heterocycles. The predicted octanol–water partition coefficient (Wildman–Crippen LogP) is 17.1. The van der Waals surface area contributed by atoms with Gasteiger partial charge in [-0.05, 0) is 171 Å². The first kappa shape index (κ1) is 64.4. The SMILES string of the molecule is CC(C)(C)C/C=C/C1CC1.CC(C)(C)CC#CC1CC1.CC(C)(C)CCNC1CCNCC1.CC(C)(C)CCNc1ccccc1.CC(C)(C)CCNc1ccncc1.CC(C)(C)Cc1ccncc1. The van der Waals surface area contributed by atoms with Crippen molar-refractivity contribution in [1.82, 2.24) is 20.6 Å². The second-order valence-corrected chi connectivity index (χ2v) is 27.3. The van der Waals surface area contributed by atoms with Crippen LogP contribution < -0.4 is 21.3 Å². The van der Waals surface area contributed by atoms with E-state index in [0.717, 1.165) is 49.5 Å². The van der Waals surface area contributed by atoms with Crippen LogP contribution in [0.2, 0.25) is 0 Å². The maximum atomic E-state index is 3.98. The molecule has 0 atom stereocenters. The largest absolute Gasteiger partial charge is 0.385 e. The van der Waals surface area contributed by atoms with Gasteiger partial charge < -0.3 is 21.3 Å². The molecule has 3 heterocycles. The Bertz CT molecular complexity index is 1730. The summed E-state index contributed by atoms with van der Waals surface area (Å²) in [5, 5.41) is 13.8. The van der Waals surface area contributed by atoms with Gasteiger partial charge in [-0.1, -0.05) is 161 Å². The highest BCUT2D eigenvalue weighted by Crippen LogP contribution is 2.31. The van der Waals surface area contributed by atoms with E-state index in [1.165, 1.54) is 95.1 Å². The summed E-state index contributed by atoms with van der Waals surface area (Å²) in [5.74, 6) is 8.21. The number of pyridine rings is 2. The number of nitrogens with one attached hydrogen (secondary N) is 4.